The summed E-state index contributed by atoms with van der Waals surface area (Å²) < 4.78 is 1.72. The van der Waals surface area contributed by atoms with Crippen LogP contribution in [-0.4, -0.2) is 35.2 Å². The van der Waals surface area contributed by atoms with Crippen LogP contribution in [0.3, 0.4) is 0 Å². The number of rotatable bonds is 4. The van der Waals surface area contributed by atoms with E-state index in [4.69, 9.17) is 0 Å². The lowest BCUT2D eigenvalue weighted by Crippen LogP contribution is -2.08. The van der Waals surface area contributed by atoms with Gasteiger partial charge in [0.05, 0.1) is 12.7 Å². The lowest BCUT2D eigenvalue weighted by Gasteiger charge is -1.98. The summed E-state index contributed by atoms with van der Waals surface area (Å²) in [5.41, 5.74) is 0. The second-order valence-electron chi connectivity index (χ2n) is 2.40. The predicted octanol–water partition coefficient (Wildman–Crippen LogP) is -0.831. The average Bonchev–Trinajstić information content (AvgIpc) is 2.75. The van der Waals surface area contributed by atoms with E-state index in [-0.39, 0.29) is 0 Å². The minimum absolute atomic E-state index is 0.625. The quantitative estimate of drug-likeness (QED) is 0.610. The van der Waals surface area contributed by atoms with E-state index < -0.39 is 0 Å². The van der Waals surface area contributed by atoms with Gasteiger partial charge in [0.25, 0.3) is 0 Å². The zero-order valence-electron chi connectivity index (χ0n) is 6.85. The summed E-state index contributed by atoms with van der Waals surface area (Å²) in [4.78, 5) is 1.50. The Balaban J connectivity index is 1.76. The molecule has 7 heteroatoms. The molecule has 0 N–H and O–H groups in total. The van der Waals surface area contributed by atoms with Crippen LogP contribution in [-0.2, 0) is 13.1 Å². The van der Waals surface area contributed by atoms with Crippen molar-refractivity contribution >= 4 is 0 Å². The highest BCUT2D eigenvalue weighted by Crippen LogP contribution is 1.88. The summed E-state index contributed by atoms with van der Waals surface area (Å²) in [6, 6.07) is 0. The summed E-state index contributed by atoms with van der Waals surface area (Å²) in [6.07, 6.45) is 6.83. The largest absolute Gasteiger partial charge is 0.252 e. The lowest BCUT2D eigenvalue weighted by atomic mass is 10.4. The number of nitrogens with zero attached hydrogens (tertiary/aromatic N) is 7. The lowest BCUT2D eigenvalue weighted by molar-refractivity contribution is 0.525. The first-order chi connectivity index (χ1) is 6.45. The molecule has 2 aromatic heterocycles. The minimum atomic E-state index is 0.625. The standard InChI is InChI=1S/C6H8N7/c1(3-12-5-2-7-10-12)4-13-9-6-8-11-13/h1-2,5-6H,3-4H2. The molecule has 2 rings (SSSR count). The van der Waals surface area contributed by atoms with Crippen LogP contribution in [0.2, 0.25) is 0 Å². The van der Waals surface area contributed by atoms with Gasteiger partial charge in [0.15, 0.2) is 6.33 Å². The van der Waals surface area contributed by atoms with Gasteiger partial charge >= 0.3 is 0 Å². The maximum atomic E-state index is 3.85. The molecule has 0 spiro atoms. The van der Waals surface area contributed by atoms with Gasteiger partial charge in [-0.15, -0.1) is 15.3 Å². The molecule has 0 aliphatic rings. The third kappa shape index (κ3) is 2.08. The van der Waals surface area contributed by atoms with Crippen molar-refractivity contribution in [3.63, 3.8) is 0 Å². The van der Waals surface area contributed by atoms with Gasteiger partial charge < -0.3 is 0 Å². The molecule has 0 aliphatic heterocycles. The molecule has 67 valence electrons. The molecule has 13 heavy (non-hydrogen) atoms. The fraction of sp³-hybridized carbons (Fsp3) is 0.333. The fourth-order valence-electron chi connectivity index (χ4n) is 0.908. The van der Waals surface area contributed by atoms with Crippen molar-refractivity contribution in [1.29, 1.82) is 0 Å². The van der Waals surface area contributed by atoms with Crippen LogP contribution in [0.5, 0.6) is 0 Å². The SMILES string of the molecule is [CH](Cn1ccnn1)Cn1ncnn1. The topological polar surface area (TPSA) is 74.3 Å². The number of hydrogen-bond acceptors (Lipinski definition) is 5. The molecule has 0 aliphatic carbocycles. The average molecular weight is 178 g/mol. The molecule has 7 nitrogen and oxygen atoms in total. The molecule has 0 bridgehead atoms. The molecule has 0 saturated heterocycles. The van der Waals surface area contributed by atoms with Gasteiger partial charge in [0.2, 0.25) is 0 Å². The third-order valence-electron chi connectivity index (χ3n) is 1.47. The van der Waals surface area contributed by atoms with E-state index in [2.05, 4.69) is 25.7 Å². The molecule has 0 atom stereocenters. The summed E-state index contributed by atoms with van der Waals surface area (Å²) in [6.45, 7) is 1.32. The Kier molecular flexibility index (Phi) is 2.26. The highest BCUT2D eigenvalue weighted by atomic mass is 15.6. The summed E-state index contributed by atoms with van der Waals surface area (Å²) >= 11 is 0. The zero-order chi connectivity index (χ0) is 8.93. The molecule has 0 saturated carbocycles. The van der Waals surface area contributed by atoms with Gasteiger partial charge in [-0.2, -0.15) is 4.80 Å². The maximum absolute atomic E-state index is 3.85. The van der Waals surface area contributed by atoms with Gasteiger partial charge in [0, 0.05) is 19.2 Å². The van der Waals surface area contributed by atoms with Crippen molar-refractivity contribution in [3.8, 4) is 0 Å². The van der Waals surface area contributed by atoms with Crippen molar-refractivity contribution in [2.24, 2.45) is 0 Å². The molecule has 0 fully saturated rings. The van der Waals surface area contributed by atoms with E-state index >= 15 is 0 Å². The van der Waals surface area contributed by atoms with Crippen LogP contribution in [0, 0.1) is 6.42 Å². The highest BCUT2D eigenvalue weighted by molar-refractivity contribution is 4.69. The first-order valence-corrected chi connectivity index (χ1v) is 3.82. The predicted molar refractivity (Wildman–Crippen MR) is 42.1 cm³/mol. The van der Waals surface area contributed by atoms with E-state index in [0.717, 1.165) is 0 Å². The van der Waals surface area contributed by atoms with Gasteiger partial charge in [-0.3, -0.25) is 4.68 Å². The molecule has 2 heterocycles. The second-order valence-corrected chi connectivity index (χ2v) is 2.40. The second kappa shape index (κ2) is 3.74. The third-order valence-corrected chi connectivity index (χ3v) is 1.47. The van der Waals surface area contributed by atoms with E-state index in [1.807, 2.05) is 6.42 Å². The van der Waals surface area contributed by atoms with Crippen molar-refractivity contribution in [1.82, 2.24) is 35.2 Å². The normalized spacial score (nSPS) is 10.5. The first kappa shape index (κ1) is 7.84. The zero-order valence-corrected chi connectivity index (χ0v) is 6.85. The number of hydrogen-bond donors (Lipinski definition) is 0. The van der Waals surface area contributed by atoms with E-state index in [1.54, 1.807) is 17.1 Å². The van der Waals surface area contributed by atoms with E-state index in [0.29, 0.717) is 13.1 Å². The van der Waals surface area contributed by atoms with Crippen LogP contribution in [0.4, 0.5) is 0 Å². The van der Waals surface area contributed by atoms with Crippen molar-refractivity contribution in [2.75, 3.05) is 0 Å². The highest BCUT2D eigenvalue weighted by Gasteiger charge is 1.94. The van der Waals surface area contributed by atoms with Crippen LogP contribution in [0.1, 0.15) is 0 Å². The smallest absolute Gasteiger partial charge is 0.162 e. The summed E-state index contributed by atoms with van der Waals surface area (Å²) in [5, 5.41) is 18.6. The number of aromatic nitrogens is 7. The molecular formula is C6H8N7. The first-order valence-electron chi connectivity index (χ1n) is 3.82. The van der Waals surface area contributed by atoms with Crippen LogP contribution in [0.15, 0.2) is 18.7 Å². The molecule has 0 unspecified atom stereocenters. The Morgan fingerprint density at radius 3 is 2.85 bits per heavy atom. The van der Waals surface area contributed by atoms with Gasteiger partial charge in [-0.05, 0) is 5.21 Å². The van der Waals surface area contributed by atoms with Crippen molar-refractivity contribution in [2.45, 2.75) is 13.1 Å². The summed E-state index contributed by atoms with van der Waals surface area (Å²) in [7, 11) is 0. The Bertz CT molecular complexity index is 290. The van der Waals surface area contributed by atoms with Crippen LogP contribution >= 0.6 is 0 Å². The molecule has 0 amide bonds. The number of tetrazole rings is 1. The summed E-state index contributed by atoms with van der Waals surface area (Å²) in [5.74, 6) is 0. The van der Waals surface area contributed by atoms with Gasteiger partial charge in [-0.1, -0.05) is 5.21 Å². The Labute approximate surface area is 74.4 Å². The minimum Gasteiger partial charge on any atom is -0.252 e. The van der Waals surface area contributed by atoms with Crippen molar-refractivity contribution < 1.29 is 0 Å². The van der Waals surface area contributed by atoms with E-state index in [1.165, 1.54) is 11.1 Å². The Morgan fingerprint density at radius 2 is 2.15 bits per heavy atom. The van der Waals surface area contributed by atoms with Gasteiger partial charge in [0.1, 0.15) is 0 Å². The molecular weight excluding hydrogens is 170 g/mol. The molecule has 0 aromatic carbocycles. The van der Waals surface area contributed by atoms with Crippen molar-refractivity contribution in [3.05, 3.63) is 25.1 Å². The van der Waals surface area contributed by atoms with E-state index in [9.17, 15) is 0 Å². The Morgan fingerprint density at radius 1 is 1.15 bits per heavy atom. The van der Waals surface area contributed by atoms with Gasteiger partial charge in [-0.25, -0.2) is 0 Å². The Hall–Kier alpha value is -1.79. The van der Waals surface area contributed by atoms with Crippen LogP contribution < -0.4 is 0 Å². The molecule has 2 aromatic rings. The fourth-order valence-corrected chi connectivity index (χ4v) is 0.908. The van der Waals surface area contributed by atoms with Crippen LogP contribution in [0.25, 0.3) is 0 Å². The monoisotopic (exact) mass is 178 g/mol. The maximum Gasteiger partial charge on any atom is 0.162 e. The molecule has 1 radical (unpaired) electrons.